The van der Waals surface area contributed by atoms with Crippen molar-refractivity contribution in [2.75, 3.05) is 13.2 Å². The smallest absolute Gasteiger partial charge is 0.289 e. The van der Waals surface area contributed by atoms with E-state index in [0.717, 1.165) is 33.6 Å². The highest BCUT2D eigenvalue weighted by Gasteiger charge is 2.45. The van der Waals surface area contributed by atoms with Gasteiger partial charge in [0.15, 0.2) is 5.01 Å². The topological polar surface area (TPSA) is 100.0 Å². The Morgan fingerprint density at radius 2 is 1.70 bits per heavy atom. The summed E-state index contributed by atoms with van der Waals surface area (Å²) in [5.41, 5.74) is 3.03. The number of hydrogen-bond acceptors (Lipinski definition) is 7. The SMILES string of the molecule is CC(=O)N(CCOc1cc(O)ccc1C=C1C2CC3CC(C2)CC1C3)C(=O)c1nc2ccc(O)cc2s1. The first-order chi connectivity index (χ1) is 17.8. The van der Waals surface area contributed by atoms with E-state index < -0.39 is 11.8 Å². The van der Waals surface area contributed by atoms with Crippen LogP contribution in [0.15, 0.2) is 42.0 Å². The van der Waals surface area contributed by atoms with Gasteiger partial charge in [-0.2, -0.15) is 0 Å². The molecule has 4 fully saturated rings. The Kier molecular flexibility index (Phi) is 6.15. The Balaban J connectivity index is 1.18. The molecule has 3 aromatic rings. The first kappa shape index (κ1) is 24.0. The third kappa shape index (κ3) is 4.70. The lowest BCUT2D eigenvalue weighted by atomic mass is 9.54. The quantitative estimate of drug-likeness (QED) is 0.440. The average molecular weight is 519 g/mol. The van der Waals surface area contributed by atoms with Crippen LogP contribution >= 0.6 is 11.3 Å². The molecule has 0 atom stereocenters. The van der Waals surface area contributed by atoms with Crippen LogP contribution in [0.1, 0.15) is 54.4 Å². The lowest BCUT2D eigenvalue weighted by Crippen LogP contribution is -2.40. The fourth-order valence-corrected chi connectivity index (χ4v) is 7.63. The normalized spacial score (nSPS) is 23.9. The monoisotopic (exact) mass is 518 g/mol. The van der Waals surface area contributed by atoms with E-state index in [1.54, 1.807) is 24.3 Å². The maximum absolute atomic E-state index is 13.1. The highest BCUT2D eigenvalue weighted by Crippen LogP contribution is 2.56. The second-order valence-corrected chi connectivity index (χ2v) is 11.7. The van der Waals surface area contributed by atoms with Gasteiger partial charge in [-0.25, -0.2) is 4.98 Å². The Morgan fingerprint density at radius 1 is 1.03 bits per heavy atom. The third-order valence-corrected chi connectivity index (χ3v) is 9.16. The van der Waals surface area contributed by atoms with Crippen molar-refractivity contribution in [3.05, 3.63) is 52.5 Å². The summed E-state index contributed by atoms with van der Waals surface area (Å²) in [7, 11) is 0. The molecule has 4 aliphatic rings. The van der Waals surface area contributed by atoms with E-state index in [0.29, 0.717) is 27.8 Å². The molecule has 37 heavy (non-hydrogen) atoms. The van der Waals surface area contributed by atoms with Gasteiger partial charge in [0, 0.05) is 18.6 Å². The zero-order valence-electron chi connectivity index (χ0n) is 20.7. The minimum atomic E-state index is -0.497. The van der Waals surface area contributed by atoms with Crippen molar-refractivity contribution in [1.29, 1.82) is 0 Å². The number of phenols is 2. The number of carbonyl (C=O) groups is 2. The van der Waals surface area contributed by atoms with Crippen molar-refractivity contribution in [2.45, 2.75) is 39.0 Å². The number of fused-ring (bicyclic) bond motifs is 1. The van der Waals surface area contributed by atoms with Gasteiger partial charge in [0.2, 0.25) is 5.91 Å². The number of imide groups is 1. The maximum atomic E-state index is 13.1. The number of aromatic hydroxyl groups is 2. The van der Waals surface area contributed by atoms with Crippen molar-refractivity contribution >= 4 is 39.4 Å². The van der Waals surface area contributed by atoms with Crippen molar-refractivity contribution < 1.29 is 24.5 Å². The second kappa shape index (κ2) is 9.49. The third-order valence-electron chi connectivity index (χ3n) is 8.15. The largest absolute Gasteiger partial charge is 0.508 e. The number of phenolic OH excluding ortho intramolecular Hbond substituents is 2. The summed E-state index contributed by atoms with van der Waals surface area (Å²) < 4.78 is 6.72. The lowest BCUT2D eigenvalue weighted by Gasteiger charge is -2.51. The number of ether oxygens (including phenoxy) is 1. The molecule has 1 aromatic heterocycles. The molecule has 7 nitrogen and oxygen atoms in total. The van der Waals surface area contributed by atoms with E-state index in [1.807, 2.05) is 6.07 Å². The number of hydrogen-bond donors (Lipinski definition) is 2. The number of amides is 2. The van der Waals surface area contributed by atoms with E-state index in [-0.39, 0.29) is 29.7 Å². The predicted octanol–water partition coefficient (Wildman–Crippen LogP) is 5.61. The van der Waals surface area contributed by atoms with Gasteiger partial charge >= 0.3 is 0 Å². The number of nitrogens with zero attached hydrogens (tertiary/aromatic N) is 2. The van der Waals surface area contributed by atoms with E-state index >= 15 is 0 Å². The first-order valence-corrected chi connectivity index (χ1v) is 13.7. The summed E-state index contributed by atoms with van der Waals surface area (Å²) in [5, 5.41) is 20.0. The minimum Gasteiger partial charge on any atom is -0.508 e. The number of aromatic nitrogens is 1. The molecule has 0 unspecified atom stereocenters. The highest BCUT2D eigenvalue weighted by atomic mass is 32.1. The molecule has 4 aliphatic carbocycles. The van der Waals surface area contributed by atoms with Crippen molar-refractivity contribution in [2.24, 2.45) is 23.7 Å². The average Bonchev–Trinajstić information content (AvgIpc) is 3.27. The van der Waals surface area contributed by atoms with E-state index in [9.17, 15) is 19.8 Å². The van der Waals surface area contributed by atoms with Crippen molar-refractivity contribution in [1.82, 2.24) is 9.88 Å². The Labute approximate surface area is 219 Å². The zero-order valence-corrected chi connectivity index (χ0v) is 21.5. The second-order valence-electron chi connectivity index (χ2n) is 10.7. The van der Waals surface area contributed by atoms with Gasteiger partial charge in [0.1, 0.15) is 23.9 Å². The summed E-state index contributed by atoms with van der Waals surface area (Å²) in [6, 6.07) is 9.85. The van der Waals surface area contributed by atoms with E-state index in [2.05, 4.69) is 11.1 Å². The molecule has 192 valence electrons. The molecule has 2 N–H and O–H groups in total. The lowest BCUT2D eigenvalue weighted by molar-refractivity contribution is -0.126. The molecule has 2 aromatic carbocycles. The highest BCUT2D eigenvalue weighted by molar-refractivity contribution is 7.20. The number of benzene rings is 2. The molecule has 0 aliphatic heterocycles. The van der Waals surface area contributed by atoms with Gasteiger partial charge in [0.05, 0.1) is 16.8 Å². The molecular weight excluding hydrogens is 488 g/mol. The molecule has 0 saturated heterocycles. The van der Waals surface area contributed by atoms with Crippen LogP contribution in [0.25, 0.3) is 16.3 Å². The molecule has 8 heteroatoms. The number of thiazole rings is 1. The molecule has 4 saturated carbocycles. The van der Waals surface area contributed by atoms with Crippen molar-refractivity contribution in [3.63, 3.8) is 0 Å². The van der Waals surface area contributed by atoms with Crippen molar-refractivity contribution in [3.8, 4) is 17.2 Å². The molecule has 4 bridgehead atoms. The summed E-state index contributed by atoms with van der Waals surface area (Å²) in [6.45, 7) is 1.48. The van der Waals surface area contributed by atoms with Crippen LogP contribution in [0.3, 0.4) is 0 Å². The van der Waals surface area contributed by atoms with E-state index in [4.69, 9.17) is 4.74 Å². The fourth-order valence-electron chi connectivity index (χ4n) is 6.68. The molecule has 2 amide bonds. The van der Waals surface area contributed by atoms with Gasteiger partial charge < -0.3 is 14.9 Å². The summed E-state index contributed by atoms with van der Waals surface area (Å²) in [6.07, 6.45) is 8.80. The molecule has 0 spiro atoms. The molecule has 1 heterocycles. The number of rotatable bonds is 6. The fraction of sp³-hybridized carbons (Fsp3) is 0.414. The first-order valence-electron chi connectivity index (χ1n) is 12.9. The van der Waals surface area contributed by atoms with Crippen LogP contribution in [0.4, 0.5) is 0 Å². The van der Waals surface area contributed by atoms with Crippen LogP contribution in [0, 0.1) is 23.7 Å². The summed E-state index contributed by atoms with van der Waals surface area (Å²) in [4.78, 5) is 30.9. The van der Waals surface area contributed by atoms with Crippen LogP contribution in [0.2, 0.25) is 0 Å². The van der Waals surface area contributed by atoms with Gasteiger partial charge in [-0.3, -0.25) is 14.5 Å². The predicted molar refractivity (Wildman–Crippen MR) is 142 cm³/mol. The molecule has 0 radical (unpaired) electrons. The van der Waals surface area contributed by atoms with E-state index in [1.165, 1.54) is 50.7 Å². The van der Waals surface area contributed by atoms with Crippen LogP contribution in [0.5, 0.6) is 17.2 Å². The molecule has 7 rings (SSSR count). The van der Waals surface area contributed by atoms with Crippen LogP contribution < -0.4 is 4.74 Å². The Morgan fingerprint density at radius 3 is 2.41 bits per heavy atom. The van der Waals surface area contributed by atoms with Gasteiger partial charge in [-0.1, -0.05) is 11.6 Å². The van der Waals surface area contributed by atoms with Gasteiger partial charge in [-0.15, -0.1) is 11.3 Å². The summed E-state index contributed by atoms with van der Waals surface area (Å²) >= 11 is 1.13. The Hall–Kier alpha value is -3.39. The zero-order chi connectivity index (χ0) is 25.7. The maximum Gasteiger partial charge on any atom is 0.289 e. The molecular formula is C29H30N2O5S. The Bertz CT molecular complexity index is 1380. The van der Waals surface area contributed by atoms with Crippen LogP contribution in [-0.4, -0.2) is 45.1 Å². The standard InChI is InChI=1S/C29H30N2O5S/c1-16(32)31(29(35)28-30-25-5-4-23(34)15-27(25)37-28)6-7-36-26-14-22(33)3-2-19(26)13-24-20-9-17-8-18(11-20)12-21(24)10-17/h2-5,13-15,17-18,20-21,33-34H,6-12H2,1H3. The number of allylic oxidation sites excluding steroid dienone is 1. The van der Waals surface area contributed by atoms with Crippen LogP contribution in [-0.2, 0) is 4.79 Å². The van der Waals surface area contributed by atoms with Gasteiger partial charge in [-0.05, 0) is 86.1 Å². The van der Waals surface area contributed by atoms with Gasteiger partial charge in [0.25, 0.3) is 5.91 Å². The minimum absolute atomic E-state index is 0.0512. The number of carbonyl (C=O) groups excluding carboxylic acids is 2. The summed E-state index contributed by atoms with van der Waals surface area (Å²) in [5.74, 6) is 2.92.